The number of amides is 2. The smallest absolute Gasteiger partial charge is 0.269 e. The highest BCUT2D eigenvalue weighted by Crippen LogP contribution is 2.41. The molecule has 0 saturated heterocycles. The van der Waals surface area contributed by atoms with Crippen LogP contribution in [0.15, 0.2) is 59.4 Å². The van der Waals surface area contributed by atoms with E-state index < -0.39 is 48.3 Å². The Kier molecular flexibility index (Phi) is 6.47. The van der Waals surface area contributed by atoms with E-state index in [0.29, 0.717) is 11.1 Å². The van der Waals surface area contributed by atoms with Gasteiger partial charge in [0, 0.05) is 23.9 Å². The standard InChI is InChI=1S/C25H21F4N3O3/c1-13-16-5-3-4-6-17(16)21-19(11-18(23(28)29)25(35)31(21)2)32(24(13)34)12-20(33)30-15-9-7-14(8-10-15)22(26)27/h3-11,13,22-23H,12H2,1-2H3,(H,30,33). The molecule has 35 heavy (non-hydrogen) atoms. The second-order valence-corrected chi connectivity index (χ2v) is 8.20. The van der Waals surface area contributed by atoms with E-state index in [1.54, 1.807) is 31.2 Å². The van der Waals surface area contributed by atoms with Gasteiger partial charge in [-0.25, -0.2) is 17.6 Å². The first kappa shape index (κ1) is 24.2. The lowest BCUT2D eigenvalue weighted by molar-refractivity contribution is -0.122. The van der Waals surface area contributed by atoms with E-state index in [4.69, 9.17) is 0 Å². The first-order valence-electron chi connectivity index (χ1n) is 10.7. The molecule has 4 rings (SSSR count). The fourth-order valence-electron chi connectivity index (χ4n) is 4.22. The van der Waals surface area contributed by atoms with Gasteiger partial charge in [0.2, 0.25) is 11.8 Å². The minimum atomic E-state index is -3.09. The van der Waals surface area contributed by atoms with Crippen LogP contribution in [0, 0.1) is 0 Å². The third-order valence-electron chi connectivity index (χ3n) is 6.01. The summed E-state index contributed by atoms with van der Waals surface area (Å²) in [7, 11) is 1.34. The van der Waals surface area contributed by atoms with E-state index >= 15 is 0 Å². The minimum Gasteiger partial charge on any atom is -0.325 e. The number of alkyl halides is 4. The molecule has 1 aliphatic rings. The molecule has 1 aliphatic heterocycles. The highest BCUT2D eigenvalue weighted by Gasteiger charge is 2.35. The Morgan fingerprint density at radius 3 is 2.29 bits per heavy atom. The van der Waals surface area contributed by atoms with Crippen molar-refractivity contribution in [2.75, 3.05) is 16.8 Å². The fraction of sp³-hybridized carbons (Fsp3) is 0.240. The fourth-order valence-corrected chi connectivity index (χ4v) is 4.22. The number of pyridine rings is 1. The highest BCUT2D eigenvalue weighted by atomic mass is 19.3. The van der Waals surface area contributed by atoms with E-state index in [1.807, 2.05) is 0 Å². The maximum absolute atomic E-state index is 13.7. The molecule has 2 heterocycles. The minimum absolute atomic E-state index is 0.00685. The van der Waals surface area contributed by atoms with Crippen molar-refractivity contribution >= 4 is 23.2 Å². The molecule has 182 valence electrons. The Morgan fingerprint density at radius 2 is 1.66 bits per heavy atom. The maximum Gasteiger partial charge on any atom is 0.269 e. The van der Waals surface area contributed by atoms with Crippen molar-refractivity contribution in [1.29, 1.82) is 0 Å². The number of benzene rings is 2. The summed E-state index contributed by atoms with van der Waals surface area (Å²) in [4.78, 5) is 40.0. The predicted molar refractivity (Wildman–Crippen MR) is 123 cm³/mol. The third-order valence-corrected chi connectivity index (χ3v) is 6.01. The van der Waals surface area contributed by atoms with Crippen molar-refractivity contribution in [3.05, 3.63) is 81.6 Å². The van der Waals surface area contributed by atoms with Gasteiger partial charge >= 0.3 is 0 Å². The molecule has 2 amide bonds. The number of carbonyl (C=O) groups excluding carboxylic acids is 2. The van der Waals surface area contributed by atoms with E-state index in [-0.39, 0.29) is 22.6 Å². The third kappa shape index (κ3) is 4.43. The molecule has 0 radical (unpaired) electrons. The number of carbonyl (C=O) groups is 2. The van der Waals surface area contributed by atoms with Crippen LogP contribution in [0.4, 0.5) is 28.9 Å². The van der Waals surface area contributed by atoms with Crippen molar-refractivity contribution in [3.63, 3.8) is 0 Å². The SMILES string of the molecule is CC1C(=O)N(CC(=O)Nc2ccc(C(F)F)cc2)c2cc(C(F)F)c(=O)n(C)c2-c2ccccc21. The number of rotatable bonds is 5. The summed E-state index contributed by atoms with van der Waals surface area (Å²) in [6.07, 6.45) is -5.75. The summed E-state index contributed by atoms with van der Waals surface area (Å²) in [5.74, 6) is -1.92. The molecule has 0 fully saturated rings. The Balaban J connectivity index is 1.78. The van der Waals surface area contributed by atoms with Crippen molar-refractivity contribution in [2.45, 2.75) is 25.7 Å². The molecule has 3 aromatic rings. The van der Waals surface area contributed by atoms with E-state index in [0.717, 1.165) is 27.7 Å². The van der Waals surface area contributed by atoms with Gasteiger partial charge in [-0.1, -0.05) is 36.4 Å². The summed E-state index contributed by atoms with van der Waals surface area (Å²) >= 11 is 0. The maximum atomic E-state index is 13.7. The van der Waals surface area contributed by atoms with Gasteiger partial charge in [0.1, 0.15) is 6.54 Å². The molecule has 0 bridgehead atoms. The van der Waals surface area contributed by atoms with Crippen molar-refractivity contribution in [1.82, 2.24) is 4.57 Å². The molecular formula is C25H21F4N3O3. The topological polar surface area (TPSA) is 71.4 Å². The zero-order valence-corrected chi connectivity index (χ0v) is 18.8. The van der Waals surface area contributed by atoms with Gasteiger partial charge in [0.15, 0.2) is 0 Å². The summed E-state index contributed by atoms with van der Waals surface area (Å²) in [5.41, 5.74) is -0.329. The number of hydrogen-bond acceptors (Lipinski definition) is 3. The van der Waals surface area contributed by atoms with Crippen LogP contribution in [0.25, 0.3) is 11.3 Å². The monoisotopic (exact) mass is 487 g/mol. The molecule has 6 nitrogen and oxygen atoms in total. The quantitative estimate of drug-likeness (QED) is 0.514. The zero-order valence-electron chi connectivity index (χ0n) is 18.8. The van der Waals surface area contributed by atoms with Crippen LogP contribution in [0.2, 0.25) is 0 Å². The van der Waals surface area contributed by atoms with Crippen molar-refractivity contribution in [2.24, 2.45) is 7.05 Å². The van der Waals surface area contributed by atoms with Gasteiger partial charge in [0.05, 0.1) is 22.9 Å². The van der Waals surface area contributed by atoms with Crippen molar-refractivity contribution in [3.8, 4) is 11.3 Å². The predicted octanol–water partition coefficient (Wildman–Crippen LogP) is 5.02. The van der Waals surface area contributed by atoms with Crippen LogP contribution in [0.3, 0.4) is 0 Å². The first-order chi connectivity index (χ1) is 16.6. The Morgan fingerprint density at radius 1 is 1.00 bits per heavy atom. The van der Waals surface area contributed by atoms with Crippen LogP contribution in [0.1, 0.15) is 42.4 Å². The average molecular weight is 487 g/mol. The molecule has 1 atom stereocenters. The summed E-state index contributed by atoms with van der Waals surface area (Å²) < 4.78 is 54.0. The molecule has 10 heteroatoms. The van der Waals surface area contributed by atoms with Crippen LogP contribution < -0.4 is 15.8 Å². The molecule has 2 aromatic carbocycles. The van der Waals surface area contributed by atoms with Crippen LogP contribution in [-0.2, 0) is 16.6 Å². The largest absolute Gasteiger partial charge is 0.325 e. The Hall–Kier alpha value is -3.95. The average Bonchev–Trinajstić information content (AvgIpc) is 2.91. The zero-order chi connectivity index (χ0) is 25.4. The van der Waals surface area contributed by atoms with E-state index in [2.05, 4.69) is 5.32 Å². The lowest BCUT2D eigenvalue weighted by Crippen LogP contribution is -2.40. The summed E-state index contributed by atoms with van der Waals surface area (Å²) in [6, 6.07) is 12.7. The molecule has 0 saturated carbocycles. The number of nitrogens with one attached hydrogen (secondary N) is 1. The molecule has 1 N–H and O–H groups in total. The first-order valence-corrected chi connectivity index (χ1v) is 10.7. The number of aromatic nitrogens is 1. The number of fused-ring (bicyclic) bond motifs is 3. The van der Waals surface area contributed by atoms with Crippen molar-refractivity contribution < 1.29 is 27.2 Å². The van der Waals surface area contributed by atoms with Gasteiger partial charge < -0.3 is 14.8 Å². The molecule has 0 aliphatic carbocycles. The number of halogens is 4. The molecule has 1 unspecified atom stereocenters. The van der Waals surface area contributed by atoms with Gasteiger partial charge in [-0.15, -0.1) is 0 Å². The van der Waals surface area contributed by atoms with E-state index in [1.165, 1.54) is 19.2 Å². The number of nitrogens with zero attached hydrogens (tertiary/aromatic N) is 2. The lowest BCUT2D eigenvalue weighted by Gasteiger charge is -2.25. The van der Waals surface area contributed by atoms with Crippen LogP contribution in [-0.4, -0.2) is 22.9 Å². The van der Waals surface area contributed by atoms with Gasteiger partial charge in [0.25, 0.3) is 18.4 Å². The summed E-state index contributed by atoms with van der Waals surface area (Å²) in [5, 5.41) is 2.53. The molecule has 1 aromatic heterocycles. The van der Waals surface area contributed by atoms with Gasteiger partial charge in [-0.2, -0.15) is 0 Å². The number of hydrogen-bond donors (Lipinski definition) is 1. The van der Waals surface area contributed by atoms with Gasteiger partial charge in [-0.05, 0) is 30.7 Å². The second-order valence-electron chi connectivity index (χ2n) is 8.20. The Labute approximate surface area is 197 Å². The van der Waals surface area contributed by atoms with Crippen LogP contribution >= 0.6 is 0 Å². The lowest BCUT2D eigenvalue weighted by atomic mass is 9.94. The Bertz CT molecular complexity index is 1350. The molecule has 0 spiro atoms. The van der Waals surface area contributed by atoms with Gasteiger partial charge in [-0.3, -0.25) is 14.4 Å². The second kappa shape index (κ2) is 9.36. The van der Waals surface area contributed by atoms with E-state index in [9.17, 15) is 31.9 Å². The normalized spacial score (nSPS) is 15.1. The number of anilines is 2. The molecular weight excluding hydrogens is 466 g/mol. The van der Waals surface area contributed by atoms with Crippen LogP contribution in [0.5, 0.6) is 0 Å². The highest BCUT2D eigenvalue weighted by molar-refractivity contribution is 6.09. The summed E-state index contributed by atoms with van der Waals surface area (Å²) in [6.45, 7) is 1.09.